The van der Waals surface area contributed by atoms with Crippen LogP contribution in [-0.4, -0.2) is 35.8 Å². The number of nitrogens with one attached hydrogen (secondary N) is 1. The summed E-state index contributed by atoms with van der Waals surface area (Å²) in [5.41, 5.74) is 6.15. The number of nitrogen functional groups attached to an aromatic ring is 1. The van der Waals surface area contributed by atoms with Crippen molar-refractivity contribution < 1.29 is 17.9 Å². The van der Waals surface area contributed by atoms with Gasteiger partial charge in [-0.2, -0.15) is 0 Å². The van der Waals surface area contributed by atoms with Crippen LogP contribution in [0.4, 0.5) is 5.69 Å². The Hall–Kier alpha value is -1.31. The second kappa shape index (κ2) is 6.21. The second-order valence-electron chi connectivity index (χ2n) is 5.48. The Bertz CT molecular complexity index is 597. The third-order valence-electron chi connectivity index (χ3n) is 3.91. The molecule has 0 unspecified atom stereocenters. The van der Waals surface area contributed by atoms with E-state index in [1.54, 1.807) is 13.2 Å². The highest BCUT2D eigenvalue weighted by Crippen LogP contribution is 2.48. The molecule has 118 valence electrons. The summed E-state index contributed by atoms with van der Waals surface area (Å²) in [5.74, 6) is 0.254. The van der Waals surface area contributed by atoms with Crippen molar-refractivity contribution in [2.24, 2.45) is 5.41 Å². The summed E-state index contributed by atoms with van der Waals surface area (Å²) >= 11 is 0. The molecular formula is C14H22N2O4S. The van der Waals surface area contributed by atoms with Crippen LogP contribution in [0.25, 0.3) is 0 Å². The van der Waals surface area contributed by atoms with Crippen LogP contribution >= 0.6 is 0 Å². The Labute approximate surface area is 125 Å². The first-order valence-electron chi connectivity index (χ1n) is 6.85. The summed E-state index contributed by atoms with van der Waals surface area (Å²) < 4.78 is 37.7. The molecule has 0 saturated heterocycles. The van der Waals surface area contributed by atoms with Crippen molar-refractivity contribution in [3.63, 3.8) is 0 Å². The summed E-state index contributed by atoms with van der Waals surface area (Å²) in [6.07, 6.45) is 2.92. The van der Waals surface area contributed by atoms with Gasteiger partial charge >= 0.3 is 0 Å². The molecule has 1 aliphatic rings. The van der Waals surface area contributed by atoms with Gasteiger partial charge in [0.25, 0.3) is 0 Å². The molecule has 6 nitrogen and oxygen atoms in total. The van der Waals surface area contributed by atoms with Crippen LogP contribution < -0.4 is 15.2 Å². The van der Waals surface area contributed by atoms with Gasteiger partial charge < -0.3 is 15.2 Å². The van der Waals surface area contributed by atoms with Crippen LogP contribution in [0.3, 0.4) is 0 Å². The molecule has 1 saturated carbocycles. The first kappa shape index (κ1) is 16.1. The fourth-order valence-corrected chi connectivity index (χ4v) is 3.55. The van der Waals surface area contributed by atoms with Gasteiger partial charge in [0.2, 0.25) is 10.0 Å². The van der Waals surface area contributed by atoms with E-state index < -0.39 is 10.0 Å². The van der Waals surface area contributed by atoms with Crippen LogP contribution in [0.2, 0.25) is 0 Å². The number of sulfonamides is 1. The van der Waals surface area contributed by atoms with E-state index in [1.807, 2.05) is 0 Å². The van der Waals surface area contributed by atoms with Crippen molar-refractivity contribution >= 4 is 15.7 Å². The van der Waals surface area contributed by atoms with Gasteiger partial charge in [-0.15, -0.1) is 0 Å². The fraction of sp³-hybridized carbons (Fsp3) is 0.571. The fourth-order valence-electron chi connectivity index (χ4n) is 2.24. The largest absolute Gasteiger partial charge is 0.495 e. The van der Waals surface area contributed by atoms with Crippen molar-refractivity contribution in [1.29, 1.82) is 0 Å². The third-order valence-corrected chi connectivity index (χ3v) is 5.35. The summed E-state index contributed by atoms with van der Waals surface area (Å²) in [5, 5.41) is 0. The highest BCUT2D eigenvalue weighted by atomic mass is 32.2. The van der Waals surface area contributed by atoms with Gasteiger partial charge in [0, 0.05) is 32.0 Å². The van der Waals surface area contributed by atoms with E-state index in [1.165, 1.54) is 19.2 Å². The molecule has 0 atom stereocenters. The van der Waals surface area contributed by atoms with Gasteiger partial charge in [-0.05, 0) is 36.8 Å². The summed E-state index contributed by atoms with van der Waals surface area (Å²) in [6, 6.07) is 4.52. The zero-order valence-corrected chi connectivity index (χ0v) is 13.2. The number of methoxy groups -OCH3 is 2. The molecule has 1 aromatic rings. The Morgan fingerprint density at radius 2 is 2.05 bits per heavy atom. The number of benzene rings is 1. The van der Waals surface area contributed by atoms with Crippen molar-refractivity contribution in [2.45, 2.75) is 24.2 Å². The zero-order valence-electron chi connectivity index (χ0n) is 12.4. The minimum atomic E-state index is -3.61. The van der Waals surface area contributed by atoms with Crippen molar-refractivity contribution in [1.82, 2.24) is 4.72 Å². The average molecular weight is 314 g/mol. The quantitative estimate of drug-likeness (QED) is 0.707. The lowest BCUT2D eigenvalue weighted by Crippen LogP contribution is -2.31. The topological polar surface area (TPSA) is 90.7 Å². The number of rotatable bonds is 8. The standard InChI is InChI=1S/C14H22N2O4S/c1-19-8-7-14(5-6-14)10-16-21(17,18)13-4-3-11(15)9-12(13)20-2/h3-4,9,16H,5-8,10,15H2,1-2H3. The first-order valence-corrected chi connectivity index (χ1v) is 8.33. The molecule has 1 fully saturated rings. The summed E-state index contributed by atoms with van der Waals surface area (Å²) in [7, 11) is -0.532. The maximum atomic E-state index is 12.4. The molecule has 0 radical (unpaired) electrons. The Balaban J connectivity index is 2.09. The molecule has 0 amide bonds. The van der Waals surface area contributed by atoms with Gasteiger partial charge in [0.05, 0.1) is 7.11 Å². The smallest absolute Gasteiger partial charge is 0.244 e. The van der Waals surface area contributed by atoms with Gasteiger partial charge in [0.1, 0.15) is 10.6 Å². The maximum Gasteiger partial charge on any atom is 0.244 e. The van der Waals surface area contributed by atoms with Crippen molar-refractivity contribution in [3.8, 4) is 5.75 Å². The lowest BCUT2D eigenvalue weighted by Gasteiger charge is -2.16. The van der Waals surface area contributed by atoms with E-state index in [0.29, 0.717) is 18.8 Å². The molecule has 1 aromatic carbocycles. The number of hydrogen-bond donors (Lipinski definition) is 2. The number of ether oxygens (including phenoxy) is 2. The summed E-state index contributed by atoms with van der Waals surface area (Å²) in [4.78, 5) is 0.113. The normalized spacial score (nSPS) is 16.7. The average Bonchev–Trinajstić information content (AvgIpc) is 3.23. The van der Waals surface area contributed by atoms with Crippen LogP contribution in [0.5, 0.6) is 5.75 Å². The monoisotopic (exact) mass is 314 g/mol. The van der Waals surface area contributed by atoms with E-state index in [-0.39, 0.29) is 16.1 Å². The van der Waals surface area contributed by atoms with Gasteiger partial charge in [0.15, 0.2) is 0 Å². The zero-order chi connectivity index (χ0) is 15.5. The van der Waals surface area contributed by atoms with Gasteiger partial charge in [-0.1, -0.05) is 0 Å². The predicted octanol–water partition coefficient (Wildman–Crippen LogP) is 1.37. The lowest BCUT2D eigenvalue weighted by atomic mass is 10.0. The molecule has 0 heterocycles. The maximum absolute atomic E-state index is 12.4. The summed E-state index contributed by atoms with van der Waals surface area (Å²) in [6.45, 7) is 1.07. The van der Waals surface area contributed by atoms with Crippen LogP contribution in [-0.2, 0) is 14.8 Å². The molecular weight excluding hydrogens is 292 g/mol. The first-order chi connectivity index (χ1) is 9.92. The third kappa shape index (κ3) is 3.87. The van der Waals surface area contributed by atoms with Crippen LogP contribution in [0, 0.1) is 5.41 Å². The Kier molecular flexibility index (Phi) is 4.75. The Morgan fingerprint density at radius 3 is 2.62 bits per heavy atom. The van der Waals surface area contributed by atoms with Gasteiger partial charge in [-0.25, -0.2) is 13.1 Å². The number of anilines is 1. The molecule has 0 spiro atoms. The minimum absolute atomic E-state index is 0.0458. The molecule has 3 N–H and O–H groups in total. The number of hydrogen-bond acceptors (Lipinski definition) is 5. The SMILES string of the molecule is COCCC1(CNS(=O)(=O)c2ccc(N)cc2OC)CC1. The molecule has 1 aliphatic carbocycles. The molecule has 0 aromatic heterocycles. The highest BCUT2D eigenvalue weighted by molar-refractivity contribution is 7.89. The molecule has 0 aliphatic heterocycles. The Morgan fingerprint density at radius 1 is 1.33 bits per heavy atom. The molecule has 2 rings (SSSR count). The van der Waals surface area contributed by atoms with Gasteiger partial charge in [-0.3, -0.25) is 0 Å². The second-order valence-corrected chi connectivity index (χ2v) is 7.21. The van der Waals surface area contributed by atoms with E-state index >= 15 is 0 Å². The van der Waals surface area contributed by atoms with Crippen LogP contribution in [0.15, 0.2) is 23.1 Å². The van der Waals surface area contributed by atoms with Crippen molar-refractivity contribution in [2.75, 3.05) is 33.1 Å². The minimum Gasteiger partial charge on any atom is -0.495 e. The van der Waals surface area contributed by atoms with Crippen LogP contribution in [0.1, 0.15) is 19.3 Å². The van der Waals surface area contributed by atoms with E-state index in [9.17, 15) is 8.42 Å². The molecule has 21 heavy (non-hydrogen) atoms. The van der Waals surface area contributed by atoms with E-state index in [0.717, 1.165) is 19.3 Å². The molecule has 7 heteroatoms. The highest BCUT2D eigenvalue weighted by Gasteiger charge is 2.42. The predicted molar refractivity (Wildman–Crippen MR) is 80.8 cm³/mol. The number of nitrogens with two attached hydrogens (primary N) is 1. The molecule has 0 bridgehead atoms. The van der Waals surface area contributed by atoms with Crippen molar-refractivity contribution in [3.05, 3.63) is 18.2 Å². The van der Waals surface area contributed by atoms with E-state index in [4.69, 9.17) is 15.2 Å². The lowest BCUT2D eigenvalue weighted by molar-refractivity contribution is 0.173. The van der Waals surface area contributed by atoms with E-state index in [2.05, 4.69) is 4.72 Å².